The summed E-state index contributed by atoms with van der Waals surface area (Å²) >= 11 is 0. The number of benzene rings is 1. The van der Waals surface area contributed by atoms with Crippen molar-refractivity contribution in [3.8, 4) is 0 Å². The molecule has 1 unspecified atom stereocenters. The minimum Gasteiger partial charge on any atom is -0.347 e. The topological polar surface area (TPSA) is 37.3 Å². The van der Waals surface area contributed by atoms with Crippen molar-refractivity contribution in [3.63, 3.8) is 0 Å². The molecule has 1 aromatic heterocycles. The number of nitrogens with one attached hydrogen (secondary N) is 1. The molecule has 1 amide bonds. The summed E-state index contributed by atoms with van der Waals surface area (Å²) in [4.78, 5) is 14.8. The molecule has 4 nitrogen and oxygen atoms in total. The van der Waals surface area contributed by atoms with Crippen molar-refractivity contribution in [1.82, 2.24) is 14.8 Å². The summed E-state index contributed by atoms with van der Waals surface area (Å²) in [5.41, 5.74) is 4.27. The van der Waals surface area contributed by atoms with E-state index in [9.17, 15) is 4.79 Å². The van der Waals surface area contributed by atoms with E-state index in [-0.39, 0.29) is 5.91 Å². The Morgan fingerprint density at radius 1 is 1.12 bits per heavy atom. The molecule has 0 aliphatic carbocycles. The lowest BCUT2D eigenvalue weighted by Crippen LogP contribution is -2.36. The summed E-state index contributed by atoms with van der Waals surface area (Å²) in [7, 11) is 1.92. The molecule has 4 heteroatoms. The minimum absolute atomic E-state index is 0.0261. The lowest BCUT2D eigenvalue weighted by molar-refractivity contribution is 0.0942. The smallest absolute Gasteiger partial charge is 0.268 e. The predicted octanol–water partition coefficient (Wildman–Crippen LogP) is 3.64. The van der Waals surface area contributed by atoms with Crippen molar-refractivity contribution in [1.29, 1.82) is 0 Å². The third-order valence-corrected chi connectivity index (χ3v) is 5.41. The first kappa shape index (κ1) is 17.7. The summed E-state index contributed by atoms with van der Waals surface area (Å²) in [6.45, 7) is 7.11. The Labute approximate surface area is 150 Å². The summed E-state index contributed by atoms with van der Waals surface area (Å²) in [6.07, 6.45) is 3.98. The maximum Gasteiger partial charge on any atom is 0.268 e. The Hall–Kier alpha value is -2.07. The van der Waals surface area contributed by atoms with Crippen LogP contribution in [0.1, 0.15) is 53.5 Å². The van der Waals surface area contributed by atoms with E-state index in [1.165, 1.54) is 31.4 Å². The van der Waals surface area contributed by atoms with Gasteiger partial charge in [-0.1, -0.05) is 30.7 Å². The van der Waals surface area contributed by atoms with Crippen LogP contribution in [0.2, 0.25) is 0 Å². The van der Waals surface area contributed by atoms with E-state index in [1.54, 1.807) is 0 Å². The quantitative estimate of drug-likeness (QED) is 0.903. The lowest BCUT2D eigenvalue weighted by Gasteiger charge is -2.33. The van der Waals surface area contributed by atoms with E-state index in [2.05, 4.69) is 41.4 Å². The fraction of sp³-hybridized carbons (Fsp3) is 0.476. The van der Waals surface area contributed by atoms with E-state index >= 15 is 0 Å². The van der Waals surface area contributed by atoms with Gasteiger partial charge in [0.2, 0.25) is 0 Å². The van der Waals surface area contributed by atoms with Gasteiger partial charge in [0, 0.05) is 31.9 Å². The third-order valence-electron chi connectivity index (χ3n) is 5.41. The van der Waals surface area contributed by atoms with E-state index in [4.69, 9.17) is 0 Å². The van der Waals surface area contributed by atoms with Gasteiger partial charge in [-0.3, -0.25) is 9.69 Å². The molecule has 1 fully saturated rings. The lowest BCUT2D eigenvalue weighted by atomic mass is 10.0. The van der Waals surface area contributed by atoms with Crippen LogP contribution in [-0.2, 0) is 20.1 Å². The molecular weight excluding hydrogens is 310 g/mol. The average Bonchev–Trinajstić information content (AvgIpc) is 2.95. The molecule has 2 aromatic rings. The van der Waals surface area contributed by atoms with Crippen LogP contribution in [0.4, 0.5) is 0 Å². The molecule has 25 heavy (non-hydrogen) atoms. The maximum atomic E-state index is 12.3. The monoisotopic (exact) mass is 339 g/mol. The molecule has 1 aromatic carbocycles. The largest absolute Gasteiger partial charge is 0.347 e. The number of hydrogen-bond donors (Lipinski definition) is 1. The molecular formula is C21H29N3O. The highest BCUT2D eigenvalue weighted by Gasteiger charge is 2.18. The molecule has 1 atom stereocenters. The van der Waals surface area contributed by atoms with Crippen molar-refractivity contribution in [2.24, 2.45) is 7.05 Å². The zero-order chi connectivity index (χ0) is 17.8. The van der Waals surface area contributed by atoms with Gasteiger partial charge in [0.15, 0.2) is 0 Å². The fourth-order valence-corrected chi connectivity index (χ4v) is 3.50. The zero-order valence-electron chi connectivity index (χ0n) is 15.6. The second-order valence-electron chi connectivity index (χ2n) is 7.23. The van der Waals surface area contributed by atoms with E-state index in [0.29, 0.717) is 18.3 Å². The van der Waals surface area contributed by atoms with Gasteiger partial charge < -0.3 is 9.88 Å². The Kier molecular flexibility index (Phi) is 5.59. The van der Waals surface area contributed by atoms with Gasteiger partial charge in [0.05, 0.1) is 0 Å². The second-order valence-corrected chi connectivity index (χ2v) is 7.23. The highest BCUT2D eigenvalue weighted by atomic mass is 16.1. The van der Waals surface area contributed by atoms with Crippen LogP contribution in [0.5, 0.6) is 0 Å². The van der Waals surface area contributed by atoms with E-state index in [1.807, 2.05) is 30.7 Å². The number of aryl methyl sites for hydroxylation is 1. The standard InChI is InChI=1S/C21H29N3O/c1-16-7-12-20(23(16)3)21(25)22-14-18-8-10-19(11-9-18)15-24-13-5-4-6-17(24)2/h7-12,17H,4-6,13-15H2,1-3H3,(H,22,25). The summed E-state index contributed by atoms with van der Waals surface area (Å²) < 4.78 is 1.91. The predicted molar refractivity (Wildman–Crippen MR) is 101 cm³/mol. The first-order valence-corrected chi connectivity index (χ1v) is 9.27. The Balaban J connectivity index is 1.54. The van der Waals surface area contributed by atoms with Gasteiger partial charge in [-0.25, -0.2) is 0 Å². The van der Waals surface area contributed by atoms with Crippen LogP contribution in [0.25, 0.3) is 0 Å². The highest BCUT2D eigenvalue weighted by Crippen LogP contribution is 2.19. The van der Waals surface area contributed by atoms with Gasteiger partial charge in [-0.15, -0.1) is 0 Å². The molecule has 0 bridgehead atoms. The normalized spacial score (nSPS) is 18.3. The summed E-state index contributed by atoms with van der Waals surface area (Å²) in [5, 5.41) is 3.01. The number of piperidine rings is 1. The number of likely N-dealkylation sites (tertiary alicyclic amines) is 1. The van der Waals surface area contributed by atoms with Gasteiger partial charge in [0.25, 0.3) is 5.91 Å². The SMILES string of the molecule is Cc1ccc(C(=O)NCc2ccc(CN3CCCCC3C)cc2)n1C. The molecule has 2 heterocycles. The Bertz CT molecular complexity index is 717. The molecule has 1 N–H and O–H groups in total. The minimum atomic E-state index is -0.0261. The zero-order valence-corrected chi connectivity index (χ0v) is 15.6. The second kappa shape index (κ2) is 7.87. The first-order chi connectivity index (χ1) is 12.0. The van der Waals surface area contributed by atoms with Crippen LogP contribution in [0.15, 0.2) is 36.4 Å². The number of amides is 1. The number of aromatic nitrogens is 1. The first-order valence-electron chi connectivity index (χ1n) is 9.27. The third kappa shape index (κ3) is 4.31. The molecule has 1 aliphatic heterocycles. The van der Waals surface area contributed by atoms with Crippen LogP contribution >= 0.6 is 0 Å². The maximum absolute atomic E-state index is 12.3. The molecule has 1 saturated heterocycles. The molecule has 0 saturated carbocycles. The number of carbonyl (C=O) groups excluding carboxylic acids is 1. The van der Waals surface area contributed by atoms with Crippen LogP contribution in [0.3, 0.4) is 0 Å². The number of nitrogens with zero attached hydrogens (tertiary/aromatic N) is 2. The van der Waals surface area contributed by atoms with Gasteiger partial charge in [-0.2, -0.15) is 0 Å². The van der Waals surface area contributed by atoms with E-state index < -0.39 is 0 Å². The number of carbonyl (C=O) groups is 1. The molecule has 0 radical (unpaired) electrons. The van der Waals surface area contributed by atoms with Crippen LogP contribution < -0.4 is 5.32 Å². The van der Waals surface area contributed by atoms with Crippen molar-refractivity contribution in [3.05, 3.63) is 58.9 Å². The Morgan fingerprint density at radius 3 is 2.48 bits per heavy atom. The average molecular weight is 339 g/mol. The van der Waals surface area contributed by atoms with Gasteiger partial charge >= 0.3 is 0 Å². The van der Waals surface area contributed by atoms with Crippen LogP contribution in [0, 0.1) is 6.92 Å². The van der Waals surface area contributed by atoms with E-state index in [0.717, 1.165) is 17.8 Å². The molecule has 0 spiro atoms. The Morgan fingerprint density at radius 2 is 1.84 bits per heavy atom. The van der Waals surface area contributed by atoms with Crippen LogP contribution in [-0.4, -0.2) is 28.0 Å². The highest BCUT2D eigenvalue weighted by molar-refractivity contribution is 5.92. The summed E-state index contributed by atoms with van der Waals surface area (Å²) in [5.74, 6) is -0.0261. The van der Waals surface area contributed by atoms with Gasteiger partial charge in [-0.05, 0) is 56.5 Å². The van der Waals surface area contributed by atoms with Crippen molar-refractivity contribution in [2.75, 3.05) is 6.54 Å². The molecule has 134 valence electrons. The van der Waals surface area contributed by atoms with Crippen molar-refractivity contribution >= 4 is 5.91 Å². The van der Waals surface area contributed by atoms with Crippen molar-refractivity contribution in [2.45, 2.75) is 52.2 Å². The molecule has 1 aliphatic rings. The fourth-order valence-electron chi connectivity index (χ4n) is 3.50. The number of hydrogen-bond acceptors (Lipinski definition) is 2. The number of rotatable bonds is 5. The van der Waals surface area contributed by atoms with Crippen molar-refractivity contribution < 1.29 is 4.79 Å². The summed E-state index contributed by atoms with van der Waals surface area (Å²) in [6, 6.07) is 13.1. The van der Waals surface area contributed by atoms with Gasteiger partial charge in [0.1, 0.15) is 5.69 Å². The molecule has 3 rings (SSSR count).